The first-order valence-electron chi connectivity index (χ1n) is 15.8. The minimum absolute atomic E-state index is 0.119. The number of imide groups is 2. The highest BCUT2D eigenvalue weighted by Crippen LogP contribution is 2.42. The van der Waals surface area contributed by atoms with Crippen LogP contribution in [0.1, 0.15) is 114 Å². The molecule has 0 fully saturated rings. The van der Waals surface area contributed by atoms with Crippen molar-refractivity contribution in [3.63, 3.8) is 0 Å². The summed E-state index contributed by atoms with van der Waals surface area (Å²) in [6, 6.07) is 21.3. The molecule has 4 amide bonds. The quantitative estimate of drug-likeness (QED) is 0.179. The van der Waals surface area contributed by atoms with Crippen molar-refractivity contribution in [2.45, 2.75) is 78.2 Å². The average molecular weight is 603 g/mol. The molecule has 7 heteroatoms. The molecule has 0 N–H and O–H groups in total. The monoisotopic (exact) mass is 602 g/mol. The summed E-state index contributed by atoms with van der Waals surface area (Å²) in [5.41, 5.74) is 2.34. The van der Waals surface area contributed by atoms with Crippen LogP contribution in [-0.4, -0.2) is 34.1 Å². The minimum atomic E-state index is -0.653. The highest BCUT2D eigenvalue weighted by atomic mass is 16.5. The maximum Gasteiger partial charge on any atom is 0.265 e. The molecular weight excluding hydrogens is 564 g/mol. The Kier molecular flexibility index (Phi) is 7.39. The van der Waals surface area contributed by atoms with Gasteiger partial charge in [0.1, 0.15) is 11.5 Å². The van der Waals surface area contributed by atoms with Gasteiger partial charge in [0.05, 0.1) is 5.69 Å². The fourth-order valence-corrected chi connectivity index (χ4v) is 6.55. The van der Waals surface area contributed by atoms with Crippen molar-refractivity contribution in [3.8, 4) is 11.5 Å². The van der Waals surface area contributed by atoms with E-state index in [9.17, 15) is 19.2 Å². The summed E-state index contributed by atoms with van der Waals surface area (Å²) < 4.78 is 6.07. The lowest BCUT2D eigenvalue weighted by atomic mass is 9.78. The van der Waals surface area contributed by atoms with E-state index in [0.717, 1.165) is 17.7 Å². The summed E-state index contributed by atoms with van der Waals surface area (Å²) in [7, 11) is 0. The van der Waals surface area contributed by atoms with Gasteiger partial charge in [0.15, 0.2) is 0 Å². The molecule has 0 bridgehead atoms. The van der Waals surface area contributed by atoms with Crippen LogP contribution < -0.4 is 9.64 Å². The molecule has 0 radical (unpaired) electrons. The number of hydrogen-bond acceptors (Lipinski definition) is 5. The lowest BCUT2D eigenvalue weighted by molar-refractivity contribution is 0.0386. The number of rotatable bonds is 9. The van der Waals surface area contributed by atoms with Crippen LogP contribution in [0.5, 0.6) is 11.5 Å². The van der Waals surface area contributed by atoms with Crippen LogP contribution in [0.3, 0.4) is 0 Å². The zero-order chi connectivity index (χ0) is 32.3. The number of carbonyl (C=O) groups is 4. The standard InChI is InChI=1S/C38H38N2O5/c1-7-37(5,8-2)23-11-15-25(16-12-23)45-26-17-13-24(14-18-26)39-33(41)27-19-21-29-32-30(22-20-28(31(27)32)34(39)42)36(44)40(35(29)43)38(6,9-3)10-4/h11-22H,7-10H2,1-6H3. The average Bonchev–Trinajstić information content (AvgIpc) is 3.06. The van der Waals surface area contributed by atoms with Crippen LogP contribution in [0.15, 0.2) is 72.8 Å². The van der Waals surface area contributed by atoms with Crippen molar-refractivity contribution in [1.29, 1.82) is 0 Å². The van der Waals surface area contributed by atoms with Crippen molar-refractivity contribution in [3.05, 3.63) is 101 Å². The molecule has 2 aliphatic rings. The molecule has 2 heterocycles. The molecule has 4 aromatic carbocycles. The first-order chi connectivity index (χ1) is 21.5. The Balaban J connectivity index is 1.31. The number of ether oxygens (including phenoxy) is 1. The van der Waals surface area contributed by atoms with Gasteiger partial charge in [-0.2, -0.15) is 0 Å². The molecule has 45 heavy (non-hydrogen) atoms. The van der Waals surface area contributed by atoms with Crippen LogP contribution in [0.25, 0.3) is 10.8 Å². The summed E-state index contributed by atoms with van der Waals surface area (Å²) in [5.74, 6) is -0.557. The summed E-state index contributed by atoms with van der Waals surface area (Å²) >= 11 is 0. The van der Waals surface area contributed by atoms with E-state index in [-0.39, 0.29) is 16.5 Å². The summed E-state index contributed by atoms with van der Waals surface area (Å²) in [4.78, 5) is 57.6. The van der Waals surface area contributed by atoms with Crippen LogP contribution >= 0.6 is 0 Å². The van der Waals surface area contributed by atoms with Gasteiger partial charge >= 0.3 is 0 Å². The Morgan fingerprint density at radius 1 is 0.533 bits per heavy atom. The van der Waals surface area contributed by atoms with Gasteiger partial charge in [-0.25, -0.2) is 4.90 Å². The second-order valence-corrected chi connectivity index (χ2v) is 12.6. The number of carbonyl (C=O) groups excluding carboxylic acids is 4. The van der Waals surface area contributed by atoms with Gasteiger partial charge in [0, 0.05) is 38.6 Å². The third kappa shape index (κ3) is 4.55. The molecule has 0 aliphatic carbocycles. The highest BCUT2D eigenvalue weighted by Gasteiger charge is 2.45. The normalized spacial score (nSPS) is 14.9. The fourth-order valence-electron chi connectivity index (χ4n) is 6.55. The fraction of sp³-hybridized carbons (Fsp3) is 0.316. The Bertz CT molecular complexity index is 1790. The Hall–Kier alpha value is -4.78. The van der Waals surface area contributed by atoms with E-state index in [1.165, 1.54) is 10.5 Å². The second-order valence-electron chi connectivity index (χ2n) is 12.6. The summed E-state index contributed by atoms with van der Waals surface area (Å²) in [5, 5.41) is 0.734. The smallest absolute Gasteiger partial charge is 0.265 e. The van der Waals surface area contributed by atoms with Crippen molar-refractivity contribution in [2.24, 2.45) is 0 Å². The van der Waals surface area contributed by atoms with Gasteiger partial charge in [-0.3, -0.25) is 24.1 Å². The number of benzene rings is 4. The van der Waals surface area contributed by atoms with Crippen LogP contribution in [0.4, 0.5) is 5.69 Å². The van der Waals surface area contributed by atoms with E-state index in [2.05, 4.69) is 32.9 Å². The number of nitrogens with zero attached hydrogens (tertiary/aromatic N) is 2. The predicted molar refractivity (Wildman–Crippen MR) is 175 cm³/mol. The van der Waals surface area contributed by atoms with Crippen molar-refractivity contribution < 1.29 is 23.9 Å². The zero-order valence-corrected chi connectivity index (χ0v) is 26.7. The van der Waals surface area contributed by atoms with E-state index in [1.54, 1.807) is 48.5 Å². The number of hydrogen-bond donors (Lipinski definition) is 0. The van der Waals surface area contributed by atoms with Gasteiger partial charge in [0.2, 0.25) is 0 Å². The first-order valence-corrected chi connectivity index (χ1v) is 15.8. The van der Waals surface area contributed by atoms with E-state index in [4.69, 9.17) is 4.74 Å². The van der Waals surface area contributed by atoms with E-state index in [0.29, 0.717) is 51.9 Å². The molecular formula is C38H38N2O5. The zero-order valence-electron chi connectivity index (χ0n) is 26.7. The predicted octanol–water partition coefficient (Wildman–Crippen LogP) is 8.69. The molecule has 2 aliphatic heterocycles. The van der Waals surface area contributed by atoms with E-state index in [1.807, 2.05) is 32.9 Å². The van der Waals surface area contributed by atoms with Crippen LogP contribution in [-0.2, 0) is 5.41 Å². The topological polar surface area (TPSA) is 84.0 Å². The minimum Gasteiger partial charge on any atom is -0.457 e. The number of anilines is 1. The second kappa shape index (κ2) is 11.0. The summed E-state index contributed by atoms with van der Waals surface area (Å²) in [6.45, 7) is 12.5. The molecule has 7 nitrogen and oxygen atoms in total. The SMILES string of the molecule is CCC(C)(CC)c1ccc(Oc2ccc(N3C(=O)c4ccc5c6c(ccc(c46)C3=O)C(=O)N(C(C)(CC)CC)C5=O)cc2)cc1. The van der Waals surface area contributed by atoms with Gasteiger partial charge in [-0.1, -0.05) is 46.8 Å². The number of amides is 4. The maximum atomic E-state index is 13.9. The van der Waals surface area contributed by atoms with Crippen molar-refractivity contribution in [2.75, 3.05) is 4.90 Å². The molecule has 0 aromatic heterocycles. The highest BCUT2D eigenvalue weighted by molar-refractivity contribution is 6.39. The Morgan fingerprint density at radius 2 is 0.933 bits per heavy atom. The van der Waals surface area contributed by atoms with E-state index < -0.39 is 29.2 Å². The molecule has 0 saturated carbocycles. The van der Waals surface area contributed by atoms with Gasteiger partial charge < -0.3 is 4.74 Å². The third-order valence-electron chi connectivity index (χ3n) is 10.4. The first kappa shape index (κ1) is 30.3. The lowest BCUT2D eigenvalue weighted by Crippen LogP contribution is -2.54. The Morgan fingerprint density at radius 3 is 1.33 bits per heavy atom. The third-order valence-corrected chi connectivity index (χ3v) is 10.4. The van der Waals surface area contributed by atoms with Crippen LogP contribution in [0, 0.1) is 0 Å². The largest absolute Gasteiger partial charge is 0.457 e. The van der Waals surface area contributed by atoms with E-state index >= 15 is 0 Å². The summed E-state index contributed by atoms with van der Waals surface area (Å²) in [6.07, 6.45) is 3.31. The molecule has 230 valence electrons. The molecule has 0 atom stereocenters. The molecule has 0 unspecified atom stereocenters. The van der Waals surface area contributed by atoms with Crippen LogP contribution in [0.2, 0.25) is 0 Å². The van der Waals surface area contributed by atoms with Crippen molar-refractivity contribution >= 4 is 40.1 Å². The molecule has 4 aromatic rings. The molecule has 6 rings (SSSR count). The maximum absolute atomic E-state index is 13.9. The van der Waals surface area contributed by atoms with Gasteiger partial charge in [-0.05, 0) is 104 Å². The van der Waals surface area contributed by atoms with Gasteiger partial charge in [0.25, 0.3) is 23.6 Å². The lowest BCUT2D eigenvalue weighted by Gasteiger charge is -2.41. The van der Waals surface area contributed by atoms with Gasteiger partial charge in [-0.15, -0.1) is 0 Å². The molecule has 0 saturated heterocycles. The molecule has 0 spiro atoms. The Labute approximate surface area is 263 Å². The van der Waals surface area contributed by atoms with Crippen molar-refractivity contribution in [1.82, 2.24) is 4.90 Å².